The molecule has 1 heteroatoms. The first-order valence-corrected chi connectivity index (χ1v) is 4.94. The third-order valence-electron chi connectivity index (χ3n) is 2.70. The predicted octanol–water partition coefficient (Wildman–Crippen LogP) is 4.07. The smallest absolute Gasteiger partial charge is 0.232 e. The van der Waals surface area contributed by atoms with Gasteiger partial charge in [-0.05, 0) is 20.3 Å². The molecule has 0 aromatic carbocycles. The lowest BCUT2D eigenvalue weighted by Gasteiger charge is -2.20. The van der Waals surface area contributed by atoms with Crippen LogP contribution in [0.25, 0.3) is 4.85 Å². The molecule has 0 N–H and O–H groups in total. The normalized spacial score (nSPS) is 14.8. The second kappa shape index (κ2) is 5.07. The second-order valence-electron chi connectivity index (χ2n) is 4.44. The maximum absolute atomic E-state index is 7.18. The summed E-state index contributed by atoms with van der Waals surface area (Å²) in [5.74, 6) is 0.440. The molecule has 0 saturated carbocycles. The van der Waals surface area contributed by atoms with Crippen molar-refractivity contribution < 1.29 is 0 Å². The zero-order valence-electron chi connectivity index (χ0n) is 9.52. The van der Waals surface area contributed by atoms with Crippen LogP contribution in [0.1, 0.15) is 47.5 Å². The topological polar surface area (TPSA) is 4.36 Å². The zero-order chi connectivity index (χ0) is 10.5. The first kappa shape index (κ1) is 12.2. The molecule has 0 aliphatic heterocycles. The van der Waals surface area contributed by atoms with Crippen molar-refractivity contribution in [3.63, 3.8) is 0 Å². The molecule has 0 spiro atoms. The molecular formula is C12H21N. The van der Waals surface area contributed by atoms with E-state index in [0.717, 1.165) is 12.8 Å². The Labute approximate surface area is 82.7 Å². The second-order valence-corrected chi connectivity index (χ2v) is 4.44. The number of hydrogen-bond donors (Lipinski definition) is 0. The summed E-state index contributed by atoms with van der Waals surface area (Å²) in [5, 5.41) is 0. The minimum Gasteiger partial charge on any atom is -0.310 e. The fourth-order valence-electron chi connectivity index (χ4n) is 1.13. The highest BCUT2D eigenvalue weighted by Gasteiger charge is 2.33. The summed E-state index contributed by atoms with van der Waals surface area (Å²) in [7, 11) is 0. The van der Waals surface area contributed by atoms with Crippen molar-refractivity contribution in [3.05, 3.63) is 23.1 Å². The molecule has 0 fully saturated rings. The van der Waals surface area contributed by atoms with E-state index in [1.807, 2.05) is 0 Å². The van der Waals surface area contributed by atoms with E-state index in [0.29, 0.717) is 5.92 Å². The molecule has 74 valence electrons. The van der Waals surface area contributed by atoms with Gasteiger partial charge in [-0.25, -0.2) is 6.57 Å². The van der Waals surface area contributed by atoms with Gasteiger partial charge in [0, 0.05) is 19.3 Å². The van der Waals surface area contributed by atoms with E-state index in [-0.39, 0.29) is 5.54 Å². The molecule has 0 bridgehead atoms. The van der Waals surface area contributed by atoms with Gasteiger partial charge in [0.05, 0.1) is 0 Å². The summed E-state index contributed by atoms with van der Waals surface area (Å²) < 4.78 is 0. The minimum absolute atomic E-state index is 0.175. The van der Waals surface area contributed by atoms with Crippen LogP contribution in [0.15, 0.2) is 11.6 Å². The number of nitrogens with zero attached hydrogens (tertiary/aromatic N) is 1. The van der Waals surface area contributed by atoms with Crippen molar-refractivity contribution in [2.24, 2.45) is 5.92 Å². The molecule has 1 atom stereocenters. The van der Waals surface area contributed by atoms with Crippen molar-refractivity contribution in [2.75, 3.05) is 0 Å². The third kappa shape index (κ3) is 4.12. The summed E-state index contributed by atoms with van der Waals surface area (Å²) in [6.07, 6.45) is 4.21. The van der Waals surface area contributed by atoms with Gasteiger partial charge in [-0.3, -0.25) is 0 Å². The van der Waals surface area contributed by atoms with Gasteiger partial charge in [-0.1, -0.05) is 25.5 Å². The Hall–Kier alpha value is -0.770. The van der Waals surface area contributed by atoms with Crippen LogP contribution in [0.4, 0.5) is 0 Å². The Balaban J connectivity index is 4.17. The number of allylic oxidation sites excluding steroid dienone is 2. The van der Waals surface area contributed by atoms with Crippen molar-refractivity contribution in [1.82, 2.24) is 0 Å². The molecule has 0 aromatic heterocycles. The summed E-state index contributed by atoms with van der Waals surface area (Å²) in [5.41, 5.74) is 1.17. The van der Waals surface area contributed by atoms with Gasteiger partial charge < -0.3 is 4.85 Å². The quantitative estimate of drug-likeness (QED) is 0.452. The maximum Gasteiger partial charge on any atom is 0.232 e. The fraction of sp³-hybridized carbons (Fsp3) is 0.750. The Morgan fingerprint density at radius 3 is 2.31 bits per heavy atom. The first-order valence-electron chi connectivity index (χ1n) is 4.94. The molecule has 0 aliphatic rings. The highest BCUT2D eigenvalue weighted by Crippen LogP contribution is 2.27. The van der Waals surface area contributed by atoms with Crippen LogP contribution in [0.5, 0.6) is 0 Å². The lowest BCUT2D eigenvalue weighted by atomic mass is 9.85. The molecule has 0 aromatic rings. The summed E-state index contributed by atoms with van der Waals surface area (Å²) in [4.78, 5) is 3.74. The van der Waals surface area contributed by atoms with Crippen LogP contribution in [0, 0.1) is 12.5 Å². The summed E-state index contributed by atoms with van der Waals surface area (Å²) in [6, 6.07) is 0. The van der Waals surface area contributed by atoms with Gasteiger partial charge in [0.1, 0.15) is 0 Å². The number of hydrogen-bond acceptors (Lipinski definition) is 0. The average Bonchev–Trinajstić information content (AvgIpc) is 2.03. The van der Waals surface area contributed by atoms with Gasteiger partial charge in [0.15, 0.2) is 0 Å². The molecule has 0 radical (unpaired) electrons. The van der Waals surface area contributed by atoms with Crippen molar-refractivity contribution in [1.29, 1.82) is 0 Å². The summed E-state index contributed by atoms with van der Waals surface area (Å²) >= 11 is 0. The molecule has 0 amide bonds. The number of rotatable bonds is 4. The van der Waals surface area contributed by atoms with E-state index in [1.165, 1.54) is 5.57 Å². The van der Waals surface area contributed by atoms with Crippen LogP contribution in [0.3, 0.4) is 0 Å². The molecular weight excluding hydrogens is 158 g/mol. The Morgan fingerprint density at radius 2 is 2.00 bits per heavy atom. The van der Waals surface area contributed by atoms with E-state index in [9.17, 15) is 0 Å². The summed E-state index contributed by atoms with van der Waals surface area (Å²) in [6.45, 7) is 17.7. The highest BCUT2D eigenvalue weighted by atomic mass is 14.8. The van der Waals surface area contributed by atoms with E-state index < -0.39 is 0 Å². The zero-order valence-corrected chi connectivity index (χ0v) is 9.52. The van der Waals surface area contributed by atoms with Gasteiger partial charge >= 0.3 is 0 Å². The monoisotopic (exact) mass is 179 g/mol. The standard InChI is InChI=1S/C12H21N/c1-10(2)8-7-9-12(5,13-6)11(3)4/h8,11H,7,9H2,1-5H3. The van der Waals surface area contributed by atoms with Crippen molar-refractivity contribution >= 4 is 0 Å². The van der Waals surface area contributed by atoms with Crippen LogP contribution in [0.2, 0.25) is 0 Å². The Bertz CT molecular complexity index is 216. The van der Waals surface area contributed by atoms with Crippen LogP contribution in [-0.2, 0) is 0 Å². The molecule has 1 nitrogen and oxygen atoms in total. The van der Waals surface area contributed by atoms with E-state index in [4.69, 9.17) is 6.57 Å². The molecule has 1 unspecified atom stereocenters. The molecule has 0 saturated heterocycles. The molecule has 0 rings (SSSR count). The third-order valence-corrected chi connectivity index (χ3v) is 2.70. The average molecular weight is 179 g/mol. The lowest BCUT2D eigenvalue weighted by molar-refractivity contribution is 0.378. The Morgan fingerprint density at radius 1 is 1.46 bits per heavy atom. The molecule has 13 heavy (non-hydrogen) atoms. The lowest BCUT2D eigenvalue weighted by Crippen LogP contribution is -2.26. The van der Waals surface area contributed by atoms with Crippen LogP contribution < -0.4 is 0 Å². The van der Waals surface area contributed by atoms with E-state index in [2.05, 4.69) is 45.5 Å². The van der Waals surface area contributed by atoms with Gasteiger partial charge in [0.25, 0.3) is 0 Å². The van der Waals surface area contributed by atoms with E-state index in [1.54, 1.807) is 0 Å². The van der Waals surface area contributed by atoms with Crippen LogP contribution >= 0.6 is 0 Å². The predicted molar refractivity (Wildman–Crippen MR) is 58.5 cm³/mol. The first-order chi connectivity index (χ1) is 5.92. The van der Waals surface area contributed by atoms with E-state index >= 15 is 0 Å². The van der Waals surface area contributed by atoms with Crippen molar-refractivity contribution in [2.45, 2.75) is 53.0 Å². The highest BCUT2D eigenvalue weighted by molar-refractivity contribution is 5.01. The molecule has 0 heterocycles. The Kier molecular flexibility index (Phi) is 4.77. The SMILES string of the molecule is [C-]#[N+]C(C)(CCC=C(C)C)C(C)C. The van der Waals surface area contributed by atoms with Crippen molar-refractivity contribution in [3.8, 4) is 0 Å². The van der Waals surface area contributed by atoms with Gasteiger partial charge in [-0.15, -0.1) is 0 Å². The van der Waals surface area contributed by atoms with Gasteiger partial charge in [0.2, 0.25) is 5.54 Å². The minimum atomic E-state index is -0.175. The fourth-order valence-corrected chi connectivity index (χ4v) is 1.13. The molecule has 0 aliphatic carbocycles. The van der Waals surface area contributed by atoms with Crippen LogP contribution in [-0.4, -0.2) is 5.54 Å². The maximum atomic E-state index is 7.18. The largest absolute Gasteiger partial charge is 0.310 e. The van der Waals surface area contributed by atoms with Gasteiger partial charge in [-0.2, -0.15) is 0 Å².